The molecule has 0 aliphatic heterocycles. The Hall–Kier alpha value is -0.243. The summed E-state index contributed by atoms with van der Waals surface area (Å²) in [5, 5.41) is 0. The molecule has 0 amide bonds. The second-order valence-corrected chi connectivity index (χ2v) is 4.61. The van der Waals surface area contributed by atoms with E-state index in [-0.39, 0.29) is 5.60 Å². The average molecular weight is 172 g/mol. The van der Waals surface area contributed by atoms with Gasteiger partial charge >= 0.3 is 0 Å². The van der Waals surface area contributed by atoms with E-state index in [0.29, 0.717) is 5.92 Å². The van der Waals surface area contributed by atoms with Gasteiger partial charge in [0, 0.05) is 10.2 Å². The molecule has 0 rings (SSSR count). The molecule has 11 heavy (non-hydrogen) atoms. The van der Waals surface area contributed by atoms with Crippen LogP contribution in [0.3, 0.4) is 0 Å². The van der Waals surface area contributed by atoms with Crippen LogP contribution in [0, 0.1) is 5.92 Å². The first-order chi connectivity index (χ1) is 4.98. The molecule has 0 aliphatic carbocycles. The third-order valence-corrected chi connectivity index (χ3v) is 1.70. The Morgan fingerprint density at radius 1 is 1.45 bits per heavy atom. The van der Waals surface area contributed by atoms with Gasteiger partial charge in [0.2, 0.25) is 0 Å². The van der Waals surface area contributed by atoms with Crippen molar-refractivity contribution < 1.29 is 4.74 Å². The molecule has 0 saturated carbocycles. The lowest BCUT2D eigenvalue weighted by Gasteiger charge is -2.26. The van der Waals surface area contributed by atoms with Gasteiger partial charge < -0.3 is 4.74 Å². The van der Waals surface area contributed by atoms with E-state index in [1.807, 2.05) is 6.26 Å². The van der Waals surface area contributed by atoms with Gasteiger partial charge in [-0.3, -0.25) is 0 Å². The van der Waals surface area contributed by atoms with Gasteiger partial charge in [-0.1, -0.05) is 19.5 Å². The van der Waals surface area contributed by atoms with Crippen LogP contribution < -0.4 is 0 Å². The molecule has 66 valence electrons. The molecular weight excluding hydrogens is 152 g/mol. The lowest BCUT2D eigenvalue weighted by molar-refractivity contribution is 0.0383. The van der Waals surface area contributed by atoms with E-state index >= 15 is 0 Å². The summed E-state index contributed by atoms with van der Waals surface area (Å²) in [6, 6.07) is 0. The molecule has 0 heterocycles. The first kappa shape index (κ1) is 10.8. The van der Waals surface area contributed by atoms with Gasteiger partial charge in [0.05, 0.1) is 6.26 Å². The van der Waals surface area contributed by atoms with Gasteiger partial charge in [0.1, 0.15) is 5.60 Å². The molecule has 0 N–H and O–H groups in total. The molecule has 0 bridgehead atoms. The molecule has 0 saturated heterocycles. The van der Waals surface area contributed by atoms with Crippen LogP contribution in [0.5, 0.6) is 0 Å². The molecular formula is C9H20OSi. The van der Waals surface area contributed by atoms with E-state index in [9.17, 15) is 0 Å². The largest absolute Gasteiger partial charge is 0.496 e. The van der Waals surface area contributed by atoms with E-state index in [1.54, 1.807) is 0 Å². The Kier molecular flexibility index (Phi) is 4.50. The Morgan fingerprint density at radius 3 is 2.36 bits per heavy atom. The smallest absolute Gasteiger partial charge is 0.103 e. The maximum Gasteiger partial charge on any atom is 0.103 e. The fourth-order valence-corrected chi connectivity index (χ4v) is 1.42. The van der Waals surface area contributed by atoms with Crippen molar-refractivity contribution >= 4 is 10.2 Å². The monoisotopic (exact) mass is 172 g/mol. The van der Waals surface area contributed by atoms with Crippen molar-refractivity contribution in [2.75, 3.05) is 0 Å². The van der Waals surface area contributed by atoms with Crippen molar-refractivity contribution in [3.05, 3.63) is 12.0 Å². The van der Waals surface area contributed by atoms with Crippen LogP contribution in [0.2, 0.25) is 0 Å². The zero-order chi connectivity index (χ0) is 8.91. The fraction of sp³-hybridized carbons (Fsp3) is 0.778. The van der Waals surface area contributed by atoms with E-state index in [2.05, 4.69) is 33.4 Å². The minimum absolute atomic E-state index is 0.00900. The van der Waals surface area contributed by atoms with Crippen LogP contribution in [0.4, 0.5) is 0 Å². The summed E-state index contributed by atoms with van der Waals surface area (Å²) in [4.78, 5) is 0. The van der Waals surface area contributed by atoms with Gasteiger partial charge in [-0.15, -0.1) is 0 Å². The minimum atomic E-state index is 0.00900. The van der Waals surface area contributed by atoms with Gasteiger partial charge in [0.15, 0.2) is 0 Å². The van der Waals surface area contributed by atoms with Gasteiger partial charge in [-0.25, -0.2) is 0 Å². The molecule has 0 atom stereocenters. The lowest BCUT2D eigenvalue weighted by atomic mass is 9.96. The highest BCUT2D eigenvalue weighted by Crippen LogP contribution is 2.19. The Bertz CT molecular complexity index is 128. The SMILES string of the molecule is CC(C)CC(C)(C)OC=C[SiH3]. The van der Waals surface area contributed by atoms with Crippen LogP contribution in [0.25, 0.3) is 0 Å². The van der Waals surface area contributed by atoms with Crippen LogP contribution in [-0.2, 0) is 4.74 Å². The zero-order valence-corrected chi connectivity index (χ0v) is 10.3. The molecule has 2 heteroatoms. The fourth-order valence-electron chi connectivity index (χ4n) is 1.28. The first-order valence-electron chi connectivity index (χ1n) is 4.27. The maximum absolute atomic E-state index is 5.54. The summed E-state index contributed by atoms with van der Waals surface area (Å²) in [5.41, 5.74) is 2.07. The van der Waals surface area contributed by atoms with E-state index in [0.717, 1.165) is 16.7 Å². The highest BCUT2D eigenvalue weighted by Gasteiger charge is 2.18. The van der Waals surface area contributed by atoms with Crippen molar-refractivity contribution in [2.45, 2.75) is 39.7 Å². The number of rotatable bonds is 4. The summed E-state index contributed by atoms with van der Waals surface area (Å²) in [6.07, 6.45) is 2.94. The van der Waals surface area contributed by atoms with Crippen LogP contribution >= 0.6 is 0 Å². The summed E-state index contributed by atoms with van der Waals surface area (Å²) in [7, 11) is 1.08. The van der Waals surface area contributed by atoms with Gasteiger partial charge in [-0.05, 0) is 26.2 Å². The predicted octanol–water partition coefficient (Wildman–Crippen LogP) is 1.66. The van der Waals surface area contributed by atoms with Crippen molar-refractivity contribution in [1.82, 2.24) is 0 Å². The lowest BCUT2D eigenvalue weighted by Crippen LogP contribution is -2.23. The summed E-state index contributed by atoms with van der Waals surface area (Å²) < 4.78 is 5.54. The number of ether oxygens (including phenoxy) is 1. The third-order valence-electron chi connectivity index (χ3n) is 1.42. The molecule has 0 aliphatic rings. The van der Waals surface area contributed by atoms with Crippen molar-refractivity contribution in [2.24, 2.45) is 5.92 Å². The highest BCUT2D eigenvalue weighted by molar-refractivity contribution is 6.16. The first-order valence-corrected chi connectivity index (χ1v) is 5.42. The summed E-state index contributed by atoms with van der Waals surface area (Å²) >= 11 is 0. The zero-order valence-electron chi connectivity index (χ0n) is 8.35. The molecule has 0 unspecified atom stereocenters. The third kappa shape index (κ3) is 6.17. The maximum atomic E-state index is 5.54. The van der Waals surface area contributed by atoms with E-state index in [4.69, 9.17) is 4.74 Å². The quantitative estimate of drug-likeness (QED) is 0.463. The molecule has 0 aromatic heterocycles. The highest BCUT2D eigenvalue weighted by atomic mass is 28.1. The molecule has 1 nitrogen and oxygen atoms in total. The molecule has 0 aromatic carbocycles. The second kappa shape index (κ2) is 4.60. The minimum Gasteiger partial charge on any atom is -0.496 e. The Balaban J connectivity index is 3.79. The number of hydrogen-bond acceptors (Lipinski definition) is 1. The molecule has 0 fully saturated rings. The average Bonchev–Trinajstić information content (AvgIpc) is 1.81. The van der Waals surface area contributed by atoms with Crippen molar-refractivity contribution in [3.63, 3.8) is 0 Å². The topological polar surface area (TPSA) is 9.23 Å². The summed E-state index contributed by atoms with van der Waals surface area (Å²) in [6.45, 7) is 8.70. The predicted molar refractivity (Wildman–Crippen MR) is 53.7 cm³/mol. The van der Waals surface area contributed by atoms with E-state index < -0.39 is 0 Å². The molecule has 0 aromatic rings. The van der Waals surface area contributed by atoms with Crippen LogP contribution in [0.15, 0.2) is 12.0 Å². The Morgan fingerprint density at radius 2 is 2.00 bits per heavy atom. The van der Waals surface area contributed by atoms with Crippen molar-refractivity contribution in [3.8, 4) is 0 Å². The summed E-state index contributed by atoms with van der Waals surface area (Å²) in [5.74, 6) is 0.701. The molecule has 0 radical (unpaired) electrons. The standard InChI is InChI=1S/C9H20OSi/c1-8(2)7-9(3,4)10-5-6-11/h5-6,8H,7H2,1-4,11H3. The Labute approximate surface area is 73.3 Å². The normalized spacial score (nSPS) is 13.2. The van der Waals surface area contributed by atoms with Gasteiger partial charge in [0.25, 0.3) is 0 Å². The van der Waals surface area contributed by atoms with Crippen LogP contribution in [-0.4, -0.2) is 15.8 Å². The van der Waals surface area contributed by atoms with Crippen LogP contribution in [0.1, 0.15) is 34.1 Å². The second-order valence-electron chi connectivity index (χ2n) is 3.94. The number of hydrogen-bond donors (Lipinski definition) is 0. The van der Waals surface area contributed by atoms with Crippen molar-refractivity contribution in [1.29, 1.82) is 0 Å². The molecule has 0 spiro atoms. The van der Waals surface area contributed by atoms with Gasteiger partial charge in [-0.2, -0.15) is 0 Å². The van der Waals surface area contributed by atoms with E-state index in [1.165, 1.54) is 0 Å².